The van der Waals surface area contributed by atoms with E-state index in [1.807, 2.05) is 0 Å². The molecule has 0 bridgehead atoms. The van der Waals surface area contributed by atoms with Crippen LogP contribution in [0.25, 0.3) is 11.0 Å². The first-order chi connectivity index (χ1) is 10.6. The molecule has 1 aromatic heterocycles. The Bertz CT molecular complexity index is 716. The Hall–Kier alpha value is -2.08. The number of benzene rings is 1. The third-order valence-corrected chi connectivity index (χ3v) is 4.69. The number of aryl methyl sites for hydroxylation is 1. The summed E-state index contributed by atoms with van der Waals surface area (Å²) >= 11 is 0. The van der Waals surface area contributed by atoms with E-state index in [2.05, 4.69) is 45.3 Å². The summed E-state index contributed by atoms with van der Waals surface area (Å²) in [6, 6.07) is 6.26. The summed E-state index contributed by atoms with van der Waals surface area (Å²) in [5.74, 6) is 0.998. The van der Waals surface area contributed by atoms with Crippen LogP contribution in [0.2, 0.25) is 0 Å². The van der Waals surface area contributed by atoms with Gasteiger partial charge in [-0.2, -0.15) is 0 Å². The lowest BCUT2D eigenvalue weighted by Crippen LogP contribution is -2.46. The van der Waals surface area contributed by atoms with Crippen molar-refractivity contribution >= 4 is 17.1 Å². The first kappa shape index (κ1) is 13.6. The van der Waals surface area contributed by atoms with E-state index in [1.54, 1.807) is 0 Å². The number of hydrogen-bond donors (Lipinski definition) is 2. The fourth-order valence-corrected chi connectivity index (χ4v) is 3.36. The molecule has 2 aromatic rings. The molecule has 6 heteroatoms. The molecule has 2 aliphatic rings. The number of carbonyl (C=O) groups is 1. The SMILES string of the molecule is Cc1ccc2nc(CN3CCC4(CC3)CNC(=O)O4)[nH]c2c1. The fourth-order valence-electron chi connectivity index (χ4n) is 3.36. The zero-order valence-electron chi connectivity index (χ0n) is 12.7. The number of aromatic amines is 1. The van der Waals surface area contributed by atoms with Crippen molar-refractivity contribution in [3.8, 4) is 0 Å². The topological polar surface area (TPSA) is 70.2 Å². The molecule has 2 saturated heterocycles. The Labute approximate surface area is 128 Å². The van der Waals surface area contributed by atoms with E-state index in [-0.39, 0.29) is 11.7 Å². The predicted molar refractivity (Wildman–Crippen MR) is 82.6 cm³/mol. The lowest BCUT2D eigenvalue weighted by molar-refractivity contribution is -0.00150. The number of fused-ring (bicyclic) bond motifs is 1. The lowest BCUT2D eigenvalue weighted by Gasteiger charge is -2.36. The summed E-state index contributed by atoms with van der Waals surface area (Å²) in [7, 11) is 0. The van der Waals surface area contributed by atoms with Gasteiger partial charge in [-0.05, 0) is 24.6 Å². The van der Waals surface area contributed by atoms with E-state index in [1.165, 1.54) is 5.56 Å². The maximum absolute atomic E-state index is 11.3. The van der Waals surface area contributed by atoms with Gasteiger partial charge in [0.1, 0.15) is 11.4 Å². The third kappa shape index (κ3) is 2.43. The summed E-state index contributed by atoms with van der Waals surface area (Å²) in [5.41, 5.74) is 3.07. The van der Waals surface area contributed by atoms with Gasteiger partial charge in [-0.1, -0.05) is 6.07 Å². The molecule has 4 rings (SSSR count). The van der Waals surface area contributed by atoms with Crippen LogP contribution in [0, 0.1) is 6.92 Å². The molecule has 1 aromatic carbocycles. The summed E-state index contributed by atoms with van der Waals surface area (Å²) in [4.78, 5) is 21.7. The molecule has 2 aliphatic heterocycles. The average molecular weight is 300 g/mol. The number of carbonyl (C=O) groups excluding carboxylic acids is 1. The zero-order chi connectivity index (χ0) is 15.2. The number of imidazole rings is 1. The molecular formula is C16H20N4O2. The first-order valence-electron chi connectivity index (χ1n) is 7.76. The van der Waals surface area contributed by atoms with Crippen molar-refractivity contribution < 1.29 is 9.53 Å². The highest BCUT2D eigenvalue weighted by Gasteiger charge is 2.42. The second kappa shape index (κ2) is 4.98. The predicted octanol–water partition coefficient (Wildman–Crippen LogP) is 1.95. The number of amides is 1. The summed E-state index contributed by atoms with van der Waals surface area (Å²) in [6.45, 7) is 5.38. The Balaban J connectivity index is 1.42. The number of ether oxygens (including phenoxy) is 1. The van der Waals surface area contributed by atoms with Crippen LogP contribution in [-0.4, -0.2) is 46.2 Å². The Morgan fingerprint density at radius 1 is 1.36 bits per heavy atom. The minimum atomic E-state index is -0.279. The van der Waals surface area contributed by atoms with E-state index < -0.39 is 0 Å². The Morgan fingerprint density at radius 2 is 2.18 bits per heavy atom. The van der Waals surface area contributed by atoms with Crippen LogP contribution in [0.3, 0.4) is 0 Å². The molecule has 22 heavy (non-hydrogen) atoms. The molecule has 2 N–H and O–H groups in total. The highest BCUT2D eigenvalue weighted by atomic mass is 16.6. The smallest absolute Gasteiger partial charge is 0.407 e. The zero-order valence-corrected chi connectivity index (χ0v) is 12.7. The number of rotatable bonds is 2. The standard InChI is InChI=1S/C16H20N4O2/c1-11-2-3-12-13(8-11)19-14(18-12)9-20-6-4-16(5-7-20)10-17-15(21)22-16/h2-3,8H,4-7,9-10H2,1H3,(H,17,21)(H,18,19). The molecule has 116 valence electrons. The van der Waals surface area contributed by atoms with Gasteiger partial charge in [0.05, 0.1) is 24.1 Å². The van der Waals surface area contributed by atoms with E-state index >= 15 is 0 Å². The fraction of sp³-hybridized carbons (Fsp3) is 0.500. The van der Waals surface area contributed by atoms with E-state index in [0.717, 1.165) is 49.3 Å². The van der Waals surface area contributed by atoms with Gasteiger partial charge in [0.15, 0.2) is 0 Å². The molecule has 1 spiro atoms. The quantitative estimate of drug-likeness (QED) is 0.889. The number of H-pyrrole nitrogens is 1. The Morgan fingerprint density at radius 3 is 2.91 bits per heavy atom. The summed E-state index contributed by atoms with van der Waals surface area (Å²) < 4.78 is 5.45. The molecular weight excluding hydrogens is 280 g/mol. The van der Waals surface area contributed by atoms with Crippen LogP contribution >= 0.6 is 0 Å². The first-order valence-corrected chi connectivity index (χ1v) is 7.76. The monoisotopic (exact) mass is 300 g/mol. The van der Waals surface area contributed by atoms with Crippen LogP contribution in [0.1, 0.15) is 24.2 Å². The highest BCUT2D eigenvalue weighted by molar-refractivity contribution is 5.75. The maximum Gasteiger partial charge on any atom is 0.407 e. The van der Waals surface area contributed by atoms with Crippen molar-refractivity contribution in [2.45, 2.75) is 31.9 Å². The Kier molecular flexibility index (Phi) is 3.07. The van der Waals surface area contributed by atoms with Crippen molar-refractivity contribution in [3.63, 3.8) is 0 Å². The number of aromatic nitrogens is 2. The second-order valence-electron chi connectivity index (χ2n) is 6.41. The van der Waals surface area contributed by atoms with Crippen LogP contribution in [-0.2, 0) is 11.3 Å². The van der Waals surface area contributed by atoms with Crippen molar-refractivity contribution in [1.82, 2.24) is 20.2 Å². The van der Waals surface area contributed by atoms with Gasteiger partial charge in [-0.25, -0.2) is 9.78 Å². The third-order valence-electron chi connectivity index (χ3n) is 4.69. The van der Waals surface area contributed by atoms with Crippen LogP contribution < -0.4 is 5.32 Å². The number of nitrogens with zero attached hydrogens (tertiary/aromatic N) is 2. The lowest BCUT2D eigenvalue weighted by atomic mass is 9.92. The van der Waals surface area contributed by atoms with Gasteiger partial charge >= 0.3 is 6.09 Å². The molecule has 0 saturated carbocycles. The van der Waals surface area contributed by atoms with Gasteiger partial charge in [0.2, 0.25) is 0 Å². The molecule has 0 aliphatic carbocycles. The van der Waals surface area contributed by atoms with Gasteiger partial charge < -0.3 is 15.0 Å². The summed E-state index contributed by atoms with van der Waals surface area (Å²) in [5, 5.41) is 2.77. The molecule has 1 amide bonds. The number of hydrogen-bond acceptors (Lipinski definition) is 4. The summed E-state index contributed by atoms with van der Waals surface area (Å²) in [6.07, 6.45) is 1.48. The van der Waals surface area contributed by atoms with Gasteiger partial charge in [-0.3, -0.25) is 4.90 Å². The van der Waals surface area contributed by atoms with Gasteiger partial charge in [-0.15, -0.1) is 0 Å². The molecule has 0 atom stereocenters. The molecule has 2 fully saturated rings. The molecule has 6 nitrogen and oxygen atoms in total. The maximum atomic E-state index is 11.3. The minimum absolute atomic E-state index is 0.277. The van der Waals surface area contributed by atoms with Crippen molar-refractivity contribution in [2.75, 3.05) is 19.6 Å². The second-order valence-corrected chi connectivity index (χ2v) is 6.41. The number of alkyl carbamates (subject to hydrolysis) is 1. The number of piperidine rings is 1. The molecule has 3 heterocycles. The van der Waals surface area contributed by atoms with E-state index in [4.69, 9.17) is 4.74 Å². The number of nitrogens with one attached hydrogen (secondary N) is 2. The highest BCUT2D eigenvalue weighted by Crippen LogP contribution is 2.29. The minimum Gasteiger partial charge on any atom is -0.441 e. The number of likely N-dealkylation sites (tertiary alicyclic amines) is 1. The van der Waals surface area contributed by atoms with Gasteiger partial charge in [0.25, 0.3) is 0 Å². The van der Waals surface area contributed by atoms with E-state index in [0.29, 0.717) is 6.54 Å². The molecule has 0 unspecified atom stereocenters. The van der Waals surface area contributed by atoms with Crippen LogP contribution in [0.15, 0.2) is 18.2 Å². The normalized spacial score (nSPS) is 21.2. The van der Waals surface area contributed by atoms with Crippen molar-refractivity contribution in [2.24, 2.45) is 0 Å². The van der Waals surface area contributed by atoms with Crippen molar-refractivity contribution in [1.29, 1.82) is 0 Å². The van der Waals surface area contributed by atoms with Crippen molar-refractivity contribution in [3.05, 3.63) is 29.6 Å². The van der Waals surface area contributed by atoms with Crippen LogP contribution in [0.4, 0.5) is 4.79 Å². The largest absolute Gasteiger partial charge is 0.441 e. The average Bonchev–Trinajstić information content (AvgIpc) is 3.05. The van der Waals surface area contributed by atoms with Crippen LogP contribution in [0.5, 0.6) is 0 Å². The molecule has 0 radical (unpaired) electrons. The van der Waals surface area contributed by atoms with E-state index in [9.17, 15) is 4.79 Å². The van der Waals surface area contributed by atoms with Gasteiger partial charge in [0, 0.05) is 25.9 Å².